The summed E-state index contributed by atoms with van der Waals surface area (Å²) >= 11 is 6.52. The maximum atomic E-state index is 6.52. The summed E-state index contributed by atoms with van der Waals surface area (Å²) in [6.45, 7) is 6.07. The van der Waals surface area contributed by atoms with Crippen molar-refractivity contribution < 1.29 is 4.74 Å². The Balaban J connectivity index is 0.00000289. The first kappa shape index (κ1) is 24.9. The smallest absolute Gasteiger partial charge is 0.126 e. The van der Waals surface area contributed by atoms with Gasteiger partial charge >= 0.3 is 0 Å². The van der Waals surface area contributed by atoms with Gasteiger partial charge in [-0.3, -0.25) is 4.98 Å². The lowest BCUT2D eigenvalue weighted by Gasteiger charge is -2.35. The van der Waals surface area contributed by atoms with Crippen LogP contribution in [0, 0.1) is 11.8 Å². The van der Waals surface area contributed by atoms with Crippen LogP contribution in [-0.2, 0) is 11.2 Å². The van der Waals surface area contributed by atoms with Crippen molar-refractivity contribution in [2.24, 2.45) is 17.6 Å². The minimum absolute atomic E-state index is 0. The predicted molar refractivity (Wildman–Crippen MR) is 134 cm³/mol. The standard InChI is InChI=1S/C25H35ClN4O.CH4/c1-25(2)14-18(10-11-31-25)15-29-24-5-3-4-23(30-24)21-13-20(28-16-22(21)26)12-17-6-8-19(27)9-7-17;/h3-5,13,16-19H,6-12,14-15,27H2,1-2H3,(H,29,30);1H4/t17?,18-,19?;/m0./s1. The van der Waals surface area contributed by atoms with Crippen LogP contribution in [0.5, 0.6) is 0 Å². The summed E-state index contributed by atoms with van der Waals surface area (Å²) in [4.78, 5) is 9.44. The van der Waals surface area contributed by atoms with E-state index in [4.69, 9.17) is 27.1 Å². The number of nitrogens with one attached hydrogen (secondary N) is 1. The van der Waals surface area contributed by atoms with E-state index in [2.05, 4.69) is 30.2 Å². The second kappa shape index (κ2) is 11.0. The zero-order valence-electron chi connectivity index (χ0n) is 18.7. The van der Waals surface area contributed by atoms with Gasteiger partial charge in [0.1, 0.15) is 5.82 Å². The van der Waals surface area contributed by atoms with E-state index in [1.54, 1.807) is 6.20 Å². The van der Waals surface area contributed by atoms with Crippen LogP contribution in [0.15, 0.2) is 30.5 Å². The molecule has 3 N–H and O–H groups in total. The molecular formula is C26H39ClN4O. The van der Waals surface area contributed by atoms with Crippen molar-refractivity contribution in [3.05, 3.63) is 41.2 Å². The van der Waals surface area contributed by atoms with Gasteiger partial charge in [-0.2, -0.15) is 0 Å². The normalized spacial score (nSPS) is 25.1. The molecule has 1 saturated carbocycles. The van der Waals surface area contributed by atoms with Crippen molar-refractivity contribution in [3.63, 3.8) is 0 Å². The topological polar surface area (TPSA) is 73.1 Å². The Labute approximate surface area is 198 Å². The first-order valence-corrected chi connectivity index (χ1v) is 12.0. The fourth-order valence-electron chi connectivity index (χ4n) is 4.94. The molecule has 6 heteroatoms. The molecule has 2 fully saturated rings. The van der Waals surface area contributed by atoms with Crippen LogP contribution in [-0.4, -0.2) is 34.8 Å². The van der Waals surface area contributed by atoms with Gasteiger partial charge in [0.25, 0.3) is 0 Å². The Morgan fingerprint density at radius 2 is 1.94 bits per heavy atom. The summed E-state index contributed by atoms with van der Waals surface area (Å²) in [6, 6.07) is 8.57. The minimum Gasteiger partial charge on any atom is -0.376 e. The van der Waals surface area contributed by atoms with Crippen molar-refractivity contribution >= 4 is 17.4 Å². The first-order chi connectivity index (χ1) is 14.9. The molecule has 2 aliphatic rings. The predicted octanol–water partition coefficient (Wildman–Crippen LogP) is 6.11. The fraction of sp³-hybridized carbons (Fsp3) is 0.615. The summed E-state index contributed by atoms with van der Waals surface area (Å²) in [7, 11) is 0. The largest absolute Gasteiger partial charge is 0.376 e. The molecule has 176 valence electrons. The molecule has 0 spiro atoms. The number of pyridine rings is 2. The molecule has 0 aromatic carbocycles. The van der Waals surface area contributed by atoms with Gasteiger partial charge < -0.3 is 15.8 Å². The van der Waals surface area contributed by atoms with E-state index in [1.807, 2.05) is 18.2 Å². The Hall–Kier alpha value is -1.69. The number of anilines is 1. The van der Waals surface area contributed by atoms with Crippen molar-refractivity contribution in [2.75, 3.05) is 18.5 Å². The third kappa shape index (κ3) is 6.66. The molecule has 0 radical (unpaired) electrons. The molecule has 1 aliphatic heterocycles. The summed E-state index contributed by atoms with van der Waals surface area (Å²) < 4.78 is 5.84. The van der Waals surface area contributed by atoms with Crippen LogP contribution in [0.2, 0.25) is 5.02 Å². The Morgan fingerprint density at radius 1 is 1.16 bits per heavy atom. The summed E-state index contributed by atoms with van der Waals surface area (Å²) in [5, 5.41) is 4.17. The fourth-order valence-corrected chi connectivity index (χ4v) is 5.14. The molecule has 3 heterocycles. The lowest BCUT2D eigenvalue weighted by Crippen LogP contribution is -2.36. The van der Waals surface area contributed by atoms with E-state index in [0.717, 1.165) is 68.0 Å². The SMILES string of the molecule is C.CC1(C)C[C@@H](CNc2cccc(-c3cc(CC4CCC(N)CC4)ncc3Cl)n2)CCO1. The van der Waals surface area contributed by atoms with Gasteiger partial charge in [-0.15, -0.1) is 0 Å². The minimum atomic E-state index is -0.0375. The van der Waals surface area contributed by atoms with E-state index >= 15 is 0 Å². The Bertz CT molecular complexity index is 880. The first-order valence-electron chi connectivity index (χ1n) is 11.6. The zero-order valence-corrected chi connectivity index (χ0v) is 19.5. The van der Waals surface area contributed by atoms with Gasteiger partial charge in [-0.1, -0.05) is 25.1 Å². The molecule has 5 nitrogen and oxygen atoms in total. The van der Waals surface area contributed by atoms with Crippen LogP contribution in [0.3, 0.4) is 0 Å². The Morgan fingerprint density at radius 3 is 2.69 bits per heavy atom. The highest BCUT2D eigenvalue weighted by Crippen LogP contribution is 2.31. The monoisotopic (exact) mass is 458 g/mol. The number of aromatic nitrogens is 2. The second-order valence-corrected chi connectivity index (χ2v) is 10.3. The average Bonchev–Trinajstić information content (AvgIpc) is 2.75. The molecule has 0 unspecified atom stereocenters. The number of hydrogen-bond acceptors (Lipinski definition) is 5. The lowest BCUT2D eigenvalue weighted by atomic mass is 9.83. The number of rotatable bonds is 6. The zero-order chi connectivity index (χ0) is 21.8. The molecule has 1 atom stereocenters. The summed E-state index contributed by atoms with van der Waals surface area (Å²) in [5.41, 5.74) is 8.95. The van der Waals surface area contributed by atoms with Crippen molar-refractivity contribution in [3.8, 4) is 11.3 Å². The van der Waals surface area contributed by atoms with Gasteiger partial charge in [0.15, 0.2) is 0 Å². The summed E-state index contributed by atoms with van der Waals surface area (Å²) in [5.74, 6) is 2.14. The molecule has 1 saturated heterocycles. The van der Waals surface area contributed by atoms with Gasteiger partial charge in [0, 0.05) is 36.6 Å². The van der Waals surface area contributed by atoms with Crippen molar-refractivity contribution in [2.45, 2.75) is 77.9 Å². The number of nitrogens with two attached hydrogens (primary N) is 1. The van der Waals surface area contributed by atoms with E-state index < -0.39 is 0 Å². The number of halogens is 1. The second-order valence-electron chi connectivity index (χ2n) is 9.90. The number of nitrogens with zero attached hydrogens (tertiary/aromatic N) is 2. The van der Waals surface area contributed by atoms with Gasteiger partial charge in [-0.05, 0) is 88.8 Å². The summed E-state index contributed by atoms with van der Waals surface area (Å²) in [6.07, 6.45) is 9.49. The highest BCUT2D eigenvalue weighted by molar-refractivity contribution is 6.33. The van der Waals surface area contributed by atoms with Gasteiger partial charge in [-0.25, -0.2) is 4.98 Å². The van der Waals surface area contributed by atoms with E-state index in [9.17, 15) is 0 Å². The molecule has 32 heavy (non-hydrogen) atoms. The third-order valence-electron chi connectivity index (χ3n) is 6.70. The van der Waals surface area contributed by atoms with Crippen LogP contribution < -0.4 is 11.1 Å². The lowest BCUT2D eigenvalue weighted by molar-refractivity contribution is -0.0699. The van der Waals surface area contributed by atoms with E-state index in [0.29, 0.717) is 22.9 Å². The number of hydrogen-bond donors (Lipinski definition) is 2. The van der Waals surface area contributed by atoms with Crippen LogP contribution in [0.1, 0.15) is 65.5 Å². The van der Waals surface area contributed by atoms with Crippen molar-refractivity contribution in [1.29, 1.82) is 0 Å². The molecule has 2 aromatic heterocycles. The van der Waals surface area contributed by atoms with E-state index in [-0.39, 0.29) is 13.0 Å². The molecule has 2 aromatic rings. The van der Waals surface area contributed by atoms with Crippen LogP contribution in [0.25, 0.3) is 11.3 Å². The molecule has 0 amide bonds. The van der Waals surface area contributed by atoms with E-state index in [1.165, 1.54) is 12.8 Å². The molecule has 4 rings (SSSR count). The average molecular weight is 459 g/mol. The van der Waals surface area contributed by atoms with Gasteiger partial charge in [0.2, 0.25) is 0 Å². The maximum absolute atomic E-state index is 6.52. The third-order valence-corrected chi connectivity index (χ3v) is 7.00. The quantitative estimate of drug-likeness (QED) is 0.546. The van der Waals surface area contributed by atoms with Crippen molar-refractivity contribution in [1.82, 2.24) is 9.97 Å². The molecule has 1 aliphatic carbocycles. The van der Waals surface area contributed by atoms with Crippen LogP contribution in [0.4, 0.5) is 5.82 Å². The van der Waals surface area contributed by atoms with Crippen LogP contribution >= 0.6 is 11.6 Å². The maximum Gasteiger partial charge on any atom is 0.126 e. The Kier molecular flexibility index (Phi) is 8.54. The number of ether oxygens (including phenoxy) is 1. The highest BCUT2D eigenvalue weighted by Gasteiger charge is 2.28. The molecular weight excluding hydrogens is 420 g/mol. The molecule has 0 bridgehead atoms. The highest BCUT2D eigenvalue weighted by atomic mass is 35.5. The van der Waals surface area contributed by atoms with Gasteiger partial charge in [0.05, 0.1) is 16.3 Å².